The van der Waals surface area contributed by atoms with Crippen molar-refractivity contribution in [1.29, 1.82) is 0 Å². The van der Waals surface area contributed by atoms with Crippen molar-refractivity contribution in [2.45, 2.75) is 33.0 Å². The molecule has 1 rings (SSSR count). The Labute approximate surface area is 113 Å². The fraction of sp³-hybridized carbons (Fsp3) is 0.667. The van der Waals surface area contributed by atoms with E-state index in [0.717, 1.165) is 31.2 Å². The number of hydrogen-bond acceptors (Lipinski definition) is 5. The Morgan fingerprint density at radius 2 is 2.28 bits per heavy atom. The van der Waals surface area contributed by atoms with Gasteiger partial charge in [0.25, 0.3) is 0 Å². The van der Waals surface area contributed by atoms with Gasteiger partial charge in [-0.15, -0.1) is 0 Å². The third-order valence-corrected chi connectivity index (χ3v) is 2.37. The molecule has 0 saturated carbocycles. The predicted molar refractivity (Wildman–Crippen MR) is 74.3 cm³/mol. The zero-order chi connectivity index (χ0) is 13.4. The summed E-state index contributed by atoms with van der Waals surface area (Å²) < 4.78 is 11.0. The number of H-pyrrole nitrogens is 1. The highest BCUT2D eigenvalue weighted by atomic mass is 32.1. The molecule has 6 heteroatoms. The van der Waals surface area contributed by atoms with Crippen LogP contribution in [0, 0.1) is 4.64 Å². The molecule has 0 bridgehead atoms. The van der Waals surface area contributed by atoms with Crippen molar-refractivity contribution in [1.82, 2.24) is 9.97 Å². The topological polar surface area (TPSA) is 59.2 Å². The molecule has 18 heavy (non-hydrogen) atoms. The van der Waals surface area contributed by atoms with E-state index in [2.05, 4.69) is 15.3 Å². The Morgan fingerprint density at radius 1 is 1.50 bits per heavy atom. The largest absolute Gasteiger partial charge is 0.379 e. The summed E-state index contributed by atoms with van der Waals surface area (Å²) in [4.78, 5) is 7.29. The van der Waals surface area contributed by atoms with Crippen LogP contribution in [0.2, 0.25) is 0 Å². The van der Waals surface area contributed by atoms with Crippen LogP contribution in [0.5, 0.6) is 0 Å². The fourth-order valence-corrected chi connectivity index (χ4v) is 1.65. The number of ether oxygens (including phenoxy) is 2. The molecule has 102 valence electrons. The lowest BCUT2D eigenvalue weighted by Crippen LogP contribution is -2.11. The highest BCUT2D eigenvalue weighted by molar-refractivity contribution is 7.71. The lowest BCUT2D eigenvalue weighted by atomic mass is 10.4. The summed E-state index contributed by atoms with van der Waals surface area (Å²) in [7, 11) is 1.63. The van der Waals surface area contributed by atoms with Crippen LogP contribution in [0.3, 0.4) is 0 Å². The van der Waals surface area contributed by atoms with Gasteiger partial charge in [-0.25, -0.2) is 4.98 Å². The molecule has 0 spiro atoms. The minimum absolute atomic E-state index is 0.282. The van der Waals surface area contributed by atoms with Crippen LogP contribution < -0.4 is 5.32 Å². The zero-order valence-electron chi connectivity index (χ0n) is 11.2. The lowest BCUT2D eigenvalue weighted by Gasteiger charge is -2.10. The Balaban J connectivity index is 2.39. The van der Waals surface area contributed by atoms with Gasteiger partial charge in [-0.2, -0.15) is 0 Å². The first-order valence-corrected chi connectivity index (χ1v) is 6.47. The third kappa shape index (κ3) is 6.09. The third-order valence-electron chi connectivity index (χ3n) is 2.16. The fourth-order valence-electron chi connectivity index (χ4n) is 1.42. The van der Waals surface area contributed by atoms with Crippen molar-refractivity contribution in [2.75, 3.05) is 25.6 Å². The van der Waals surface area contributed by atoms with Gasteiger partial charge >= 0.3 is 0 Å². The number of anilines is 1. The minimum atomic E-state index is 0.282. The summed E-state index contributed by atoms with van der Waals surface area (Å²) in [6.45, 7) is 6.07. The van der Waals surface area contributed by atoms with Crippen molar-refractivity contribution in [3.05, 3.63) is 16.5 Å². The highest BCUT2D eigenvalue weighted by Gasteiger charge is 1.99. The van der Waals surface area contributed by atoms with Crippen LogP contribution >= 0.6 is 12.2 Å². The molecule has 0 unspecified atom stereocenters. The van der Waals surface area contributed by atoms with Gasteiger partial charge in [0.1, 0.15) is 22.9 Å². The number of nitrogens with zero attached hydrogens (tertiary/aromatic N) is 1. The van der Waals surface area contributed by atoms with Gasteiger partial charge in [0.15, 0.2) is 0 Å². The van der Waals surface area contributed by atoms with Gasteiger partial charge in [0, 0.05) is 26.3 Å². The number of methoxy groups -OCH3 is 1. The van der Waals surface area contributed by atoms with Crippen LogP contribution in [0.25, 0.3) is 0 Å². The van der Waals surface area contributed by atoms with Crippen molar-refractivity contribution in [3.63, 3.8) is 0 Å². The van der Waals surface area contributed by atoms with E-state index in [-0.39, 0.29) is 6.10 Å². The second kappa shape index (κ2) is 8.18. The van der Waals surface area contributed by atoms with Crippen LogP contribution in [-0.4, -0.2) is 36.3 Å². The van der Waals surface area contributed by atoms with E-state index in [1.807, 2.05) is 13.8 Å². The molecule has 0 fully saturated rings. The summed E-state index contributed by atoms with van der Waals surface area (Å²) in [6.07, 6.45) is 1.23. The molecule has 0 radical (unpaired) electrons. The first-order chi connectivity index (χ1) is 8.61. The standard InChI is InChI=1S/C12H21N3O2S/c1-9(2)17-6-4-5-13-10-7-12(18)15-11(14-10)8-16-3/h7,9H,4-6,8H2,1-3H3,(H2,13,14,15,18). The van der Waals surface area contributed by atoms with Crippen molar-refractivity contribution >= 4 is 18.0 Å². The quantitative estimate of drug-likeness (QED) is 0.562. The van der Waals surface area contributed by atoms with Crippen LogP contribution in [0.1, 0.15) is 26.1 Å². The van der Waals surface area contributed by atoms with Crippen molar-refractivity contribution in [3.8, 4) is 0 Å². The number of hydrogen-bond donors (Lipinski definition) is 2. The normalized spacial score (nSPS) is 10.9. The average Bonchev–Trinajstić information content (AvgIpc) is 2.28. The Bertz CT molecular complexity index is 407. The van der Waals surface area contributed by atoms with E-state index in [1.165, 1.54) is 0 Å². The van der Waals surface area contributed by atoms with Crippen LogP contribution in [0.4, 0.5) is 5.82 Å². The summed E-state index contributed by atoms with van der Waals surface area (Å²) in [5, 5.41) is 3.26. The maximum atomic E-state index is 5.46. The van der Waals surface area contributed by atoms with E-state index in [0.29, 0.717) is 11.2 Å². The number of nitrogens with one attached hydrogen (secondary N) is 2. The smallest absolute Gasteiger partial charge is 0.135 e. The molecule has 0 atom stereocenters. The number of rotatable bonds is 8. The first-order valence-electron chi connectivity index (χ1n) is 6.06. The van der Waals surface area contributed by atoms with Gasteiger partial charge < -0.3 is 19.8 Å². The van der Waals surface area contributed by atoms with Gasteiger partial charge in [-0.3, -0.25) is 0 Å². The molecule has 0 aliphatic heterocycles. The van der Waals surface area contributed by atoms with Gasteiger partial charge in [0.2, 0.25) is 0 Å². The van der Waals surface area contributed by atoms with E-state index < -0.39 is 0 Å². The monoisotopic (exact) mass is 271 g/mol. The number of aromatic nitrogens is 2. The van der Waals surface area contributed by atoms with Gasteiger partial charge in [0.05, 0.1) is 6.10 Å². The first kappa shape index (κ1) is 15.1. The van der Waals surface area contributed by atoms with Crippen LogP contribution in [0.15, 0.2) is 6.07 Å². The van der Waals surface area contributed by atoms with Crippen molar-refractivity contribution < 1.29 is 9.47 Å². The SMILES string of the molecule is COCc1nc(=S)cc(NCCCOC(C)C)[nH]1. The van der Waals surface area contributed by atoms with E-state index in [1.54, 1.807) is 13.2 Å². The van der Waals surface area contributed by atoms with Crippen LogP contribution in [-0.2, 0) is 16.1 Å². The van der Waals surface area contributed by atoms with Gasteiger partial charge in [-0.05, 0) is 20.3 Å². The Morgan fingerprint density at radius 3 is 2.94 bits per heavy atom. The molecule has 1 aromatic rings. The summed E-state index contributed by atoms with van der Waals surface area (Å²) in [5.41, 5.74) is 0. The van der Waals surface area contributed by atoms with E-state index >= 15 is 0 Å². The maximum Gasteiger partial charge on any atom is 0.135 e. The molecule has 1 aromatic heterocycles. The van der Waals surface area contributed by atoms with E-state index in [4.69, 9.17) is 21.7 Å². The maximum absolute atomic E-state index is 5.46. The Hall–Kier alpha value is -0.980. The Kier molecular flexibility index (Phi) is 6.85. The second-order valence-corrected chi connectivity index (χ2v) is 4.63. The summed E-state index contributed by atoms with van der Waals surface area (Å²) in [6, 6.07) is 1.80. The van der Waals surface area contributed by atoms with Gasteiger partial charge in [-0.1, -0.05) is 12.2 Å². The molecule has 0 aliphatic rings. The molecule has 2 N–H and O–H groups in total. The predicted octanol–water partition coefficient (Wildman–Crippen LogP) is 2.51. The van der Waals surface area contributed by atoms with Crippen molar-refractivity contribution in [2.24, 2.45) is 0 Å². The lowest BCUT2D eigenvalue weighted by molar-refractivity contribution is 0.0787. The molecule has 0 aliphatic carbocycles. The number of aromatic amines is 1. The summed E-state index contributed by atoms with van der Waals surface area (Å²) >= 11 is 5.09. The highest BCUT2D eigenvalue weighted by Crippen LogP contribution is 2.05. The molecule has 1 heterocycles. The minimum Gasteiger partial charge on any atom is -0.379 e. The molecule has 0 amide bonds. The molecule has 5 nitrogen and oxygen atoms in total. The average molecular weight is 271 g/mol. The molecule has 0 saturated heterocycles. The molecular weight excluding hydrogens is 250 g/mol. The summed E-state index contributed by atoms with van der Waals surface area (Å²) in [5.74, 6) is 1.59. The second-order valence-electron chi connectivity index (χ2n) is 4.21. The molecule has 0 aromatic carbocycles. The van der Waals surface area contributed by atoms with E-state index in [9.17, 15) is 0 Å². The molecular formula is C12H21N3O2S. The zero-order valence-corrected chi connectivity index (χ0v) is 12.0.